The number of allylic oxidation sites excluding steroid dienone is 8. The van der Waals surface area contributed by atoms with E-state index in [-0.39, 0.29) is 12.0 Å². The average molecular weight is 735 g/mol. The highest BCUT2D eigenvalue weighted by Crippen LogP contribution is 2.66. The first-order chi connectivity index (χ1) is 28.3. The zero-order valence-electron chi connectivity index (χ0n) is 31.7. The molecule has 274 valence electrons. The Kier molecular flexibility index (Phi) is 7.32. The fourth-order valence-electron chi connectivity index (χ4n) is 10.9. The van der Waals surface area contributed by atoms with Crippen LogP contribution < -0.4 is 10.2 Å². The molecule has 4 nitrogen and oxygen atoms in total. The van der Waals surface area contributed by atoms with E-state index in [0.29, 0.717) is 5.92 Å². The number of anilines is 1. The minimum atomic E-state index is -0.444. The third-order valence-corrected chi connectivity index (χ3v) is 13.2. The molecule has 12 rings (SSSR count). The van der Waals surface area contributed by atoms with E-state index in [1.807, 2.05) is 0 Å². The van der Waals surface area contributed by atoms with Crippen LogP contribution in [0.5, 0.6) is 0 Å². The molecule has 1 spiro atoms. The number of nitrogens with one attached hydrogen (secondary N) is 1. The maximum Gasteiger partial charge on any atom is 0.221 e. The lowest BCUT2D eigenvalue weighted by atomic mass is 9.70. The highest BCUT2D eigenvalue weighted by molar-refractivity contribution is 6.17. The van der Waals surface area contributed by atoms with Crippen LogP contribution in [0.2, 0.25) is 0 Å². The molecule has 4 heteroatoms. The molecule has 0 saturated carbocycles. The van der Waals surface area contributed by atoms with Crippen molar-refractivity contribution in [3.8, 4) is 22.3 Å². The van der Waals surface area contributed by atoms with E-state index in [9.17, 15) is 0 Å². The molecule has 57 heavy (non-hydrogen) atoms. The van der Waals surface area contributed by atoms with Crippen molar-refractivity contribution in [3.05, 3.63) is 221 Å². The van der Waals surface area contributed by atoms with Crippen molar-refractivity contribution < 1.29 is 0 Å². The van der Waals surface area contributed by atoms with Gasteiger partial charge in [0.15, 0.2) is 0 Å². The predicted molar refractivity (Wildman–Crippen MR) is 234 cm³/mol. The first-order valence-electron chi connectivity index (χ1n) is 20.6. The molecular formula is C53H42N4. The zero-order valence-corrected chi connectivity index (χ0v) is 31.7. The van der Waals surface area contributed by atoms with E-state index >= 15 is 0 Å². The summed E-state index contributed by atoms with van der Waals surface area (Å²) >= 11 is 0. The number of hydrogen-bond donors (Lipinski definition) is 1. The van der Waals surface area contributed by atoms with Crippen LogP contribution in [0, 0.1) is 5.92 Å². The van der Waals surface area contributed by atoms with E-state index in [1.165, 1.54) is 61.3 Å². The third kappa shape index (κ3) is 4.80. The molecule has 2 heterocycles. The lowest BCUT2D eigenvalue weighted by Crippen LogP contribution is -2.46. The second-order valence-corrected chi connectivity index (χ2v) is 16.3. The van der Waals surface area contributed by atoms with Crippen molar-refractivity contribution in [2.45, 2.75) is 49.3 Å². The molecule has 5 aliphatic carbocycles. The molecule has 0 bridgehead atoms. The second-order valence-electron chi connectivity index (χ2n) is 16.3. The summed E-state index contributed by atoms with van der Waals surface area (Å²) in [5, 5.41) is 3.64. The summed E-state index contributed by atoms with van der Waals surface area (Å²) in [4.78, 5) is 13.3. The van der Waals surface area contributed by atoms with Gasteiger partial charge >= 0.3 is 0 Å². The van der Waals surface area contributed by atoms with E-state index in [1.54, 1.807) is 0 Å². The number of rotatable bonds is 5. The molecule has 5 atom stereocenters. The highest BCUT2D eigenvalue weighted by atomic mass is 15.4. The Bertz CT molecular complexity index is 2760. The van der Waals surface area contributed by atoms with Gasteiger partial charge in [-0.2, -0.15) is 0 Å². The molecule has 0 radical (unpaired) electrons. The van der Waals surface area contributed by atoms with Gasteiger partial charge in [-0.1, -0.05) is 170 Å². The van der Waals surface area contributed by atoms with E-state index in [0.717, 1.165) is 48.5 Å². The molecular weight excluding hydrogens is 693 g/mol. The minimum absolute atomic E-state index is 0.0670. The smallest absolute Gasteiger partial charge is 0.221 e. The number of amidine groups is 2. The largest absolute Gasteiger partial charge is 0.324 e. The molecule has 0 amide bonds. The first-order valence-corrected chi connectivity index (χ1v) is 20.6. The van der Waals surface area contributed by atoms with Crippen LogP contribution in [0.15, 0.2) is 192 Å². The fourth-order valence-corrected chi connectivity index (χ4v) is 10.9. The van der Waals surface area contributed by atoms with Crippen LogP contribution in [-0.2, 0) is 11.8 Å². The monoisotopic (exact) mass is 734 g/mol. The van der Waals surface area contributed by atoms with Crippen LogP contribution >= 0.6 is 0 Å². The number of fused-ring (bicyclic) bond motifs is 14. The van der Waals surface area contributed by atoms with E-state index in [4.69, 9.17) is 9.98 Å². The Morgan fingerprint density at radius 2 is 1.42 bits per heavy atom. The Labute approximate surface area is 334 Å². The Hall–Kier alpha value is -6.52. The molecule has 0 fully saturated rings. The van der Waals surface area contributed by atoms with Gasteiger partial charge in [0, 0.05) is 22.7 Å². The van der Waals surface area contributed by atoms with Gasteiger partial charge in [-0.3, -0.25) is 0 Å². The summed E-state index contributed by atoms with van der Waals surface area (Å²) in [6, 6.07) is 41.2. The average Bonchev–Trinajstić information content (AvgIpc) is 3.89. The van der Waals surface area contributed by atoms with Gasteiger partial charge in [0.1, 0.15) is 11.7 Å². The van der Waals surface area contributed by atoms with Crippen LogP contribution in [0.25, 0.3) is 22.3 Å². The maximum atomic E-state index is 5.44. The van der Waals surface area contributed by atoms with Crippen LogP contribution in [0.1, 0.15) is 64.1 Å². The molecule has 7 aliphatic rings. The topological polar surface area (TPSA) is 40.0 Å². The quantitative estimate of drug-likeness (QED) is 0.191. The van der Waals surface area contributed by atoms with Gasteiger partial charge in [-0.15, -0.1) is 0 Å². The number of aliphatic imine (C=N–C) groups is 2. The molecule has 0 saturated heterocycles. The Morgan fingerprint density at radius 1 is 0.649 bits per heavy atom. The SMILES string of the molecule is C1=CCC(Cc2ccc3c(c2)C2(c4ccccc4-3)c3ccccc3-c3c2ccc2c3[C@H]3C=CC=CC3N2C2N=C(C3=CCCC=C3)NC(c3ccccc3)=N2)C=C1. The Balaban J connectivity index is 1.07. The van der Waals surface area contributed by atoms with Crippen molar-refractivity contribution in [2.75, 3.05) is 4.90 Å². The standard InChI is InChI=1S/C53H42N4/c1-4-16-34(17-5-1)32-35-28-29-39-38-22-10-13-25-42(38)53(45(39)33-35)43-26-14-11-23-40(43)48-44(53)30-31-47-49(48)41-24-12-15-27-46(41)57(47)52-55-50(36-18-6-2-7-19-36)54-51(56-52)37-20-8-3-9-21-37/h1-2,4-8,10-16,18-31,33-34,41,46,52H,3,9,17,32H2,(H,54,55,56)/t34?,41-,46?,52?,53?/m0/s1. The van der Waals surface area contributed by atoms with Crippen molar-refractivity contribution in [2.24, 2.45) is 15.9 Å². The third-order valence-electron chi connectivity index (χ3n) is 13.2. The fraction of sp³-hybridized carbons (Fsp3) is 0.170. The molecule has 5 aromatic carbocycles. The molecule has 2 aliphatic heterocycles. The summed E-state index contributed by atoms with van der Waals surface area (Å²) in [6.45, 7) is 0. The van der Waals surface area contributed by atoms with Crippen molar-refractivity contribution in [1.29, 1.82) is 0 Å². The number of hydrogen-bond acceptors (Lipinski definition) is 4. The predicted octanol–water partition coefficient (Wildman–Crippen LogP) is 11.1. The van der Waals surface area contributed by atoms with Gasteiger partial charge in [-0.05, 0) is 93.3 Å². The maximum absolute atomic E-state index is 5.44. The summed E-state index contributed by atoms with van der Waals surface area (Å²) in [5.41, 5.74) is 16.7. The summed E-state index contributed by atoms with van der Waals surface area (Å²) in [7, 11) is 0. The number of nitrogens with zero attached hydrogens (tertiary/aromatic N) is 3. The Morgan fingerprint density at radius 3 is 2.26 bits per heavy atom. The van der Waals surface area contributed by atoms with Crippen LogP contribution in [0.4, 0.5) is 5.69 Å². The van der Waals surface area contributed by atoms with Gasteiger partial charge in [0.2, 0.25) is 6.29 Å². The molecule has 0 aromatic heterocycles. The summed E-state index contributed by atoms with van der Waals surface area (Å²) < 4.78 is 0. The van der Waals surface area contributed by atoms with Crippen LogP contribution in [0.3, 0.4) is 0 Å². The lowest BCUT2D eigenvalue weighted by Gasteiger charge is -2.35. The van der Waals surface area contributed by atoms with Crippen molar-refractivity contribution >= 4 is 17.4 Å². The minimum Gasteiger partial charge on any atom is -0.324 e. The van der Waals surface area contributed by atoms with E-state index in [2.05, 4.69) is 186 Å². The molecule has 1 N–H and O–H groups in total. The summed E-state index contributed by atoms with van der Waals surface area (Å²) in [6.07, 6.45) is 28.8. The van der Waals surface area contributed by atoms with Gasteiger partial charge < -0.3 is 10.2 Å². The molecule has 5 aromatic rings. The summed E-state index contributed by atoms with van der Waals surface area (Å²) in [5.74, 6) is 2.40. The van der Waals surface area contributed by atoms with Gasteiger partial charge in [0.25, 0.3) is 0 Å². The van der Waals surface area contributed by atoms with Gasteiger partial charge in [-0.25, -0.2) is 9.98 Å². The lowest BCUT2D eigenvalue weighted by molar-refractivity contribution is 0.575. The van der Waals surface area contributed by atoms with Crippen LogP contribution in [-0.4, -0.2) is 24.0 Å². The normalized spacial score (nSPS) is 25.2. The van der Waals surface area contributed by atoms with Crippen molar-refractivity contribution in [3.63, 3.8) is 0 Å². The zero-order chi connectivity index (χ0) is 37.5. The number of benzene rings is 5. The second kappa shape index (κ2) is 12.8. The van der Waals surface area contributed by atoms with Gasteiger partial charge in [0.05, 0.1) is 11.5 Å². The van der Waals surface area contributed by atoms with E-state index < -0.39 is 11.7 Å². The highest BCUT2D eigenvalue weighted by Gasteiger charge is 2.54. The molecule has 4 unspecified atom stereocenters. The van der Waals surface area contributed by atoms with Crippen molar-refractivity contribution in [1.82, 2.24) is 5.32 Å². The first kappa shape index (κ1) is 32.7.